The van der Waals surface area contributed by atoms with Gasteiger partial charge in [0, 0.05) is 24.0 Å². The summed E-state index contributed by atoms with van der Waals surface area (Å²) in [6.45, 7) is 2.08. The van der Waals surface area contributed by atoms with Crippen LogP contribution in [0.4, 0.5) is 0 Å². The first-order valence-corrected chi connectivity index (χ1v) is 6.54. The maximum atomic E-state index is 12.0. The topological polar surface area (TPSA) is 30.2 Å². The lowest BCUT2D eigenvalue weighted by Gasteiger charge is -2.08. The van der Waals surface area contributed by atoms with Crippen LogP contribution >= 0.6 is 0 Å². The molecule has 1 aliphatic rings. The van der Waals surface area contributed by atoms with Gasteiger partial charge in [0.05, 0.1) is 5.56 Å². The van der Waals surface area contributed by atoms with E-state index in [0.29, 0.717) is 6.42 Å². The molecule has 0 amide bonds. The van der Waals surface area contributed by atoms with Crippen LogP contribution < -0.4 is 0 Å². The Morgan fingerprint density at radius 2 is 1.94 bits per heavy atom. The first-order chi connectivity index (χ1) is 8.81. The maximum absolute atomic E-state index is 12.0. The Kier molecular flexibility index (Phi) is 2.78. The van der Waals surface area contributed by atoms with E-state index in [0.717, 1.165) is 47.5 Å². The number of aryl methyl sites for hydroxylation is 1. The van der Waals surface area contributed by atoms with Crippen LogP contribution in [0.5, 0.6) is 0 Å². The van der Waals surface area contributed by atoms with E-state index >= 15 is 0 Å². The molecule has 0 saturated carbocycles. The highest BCUT2D eigenvalue weighted by Gasteiger charge is 2.27. The van der Waals surface area contributed by atoms with Gasteiger partial charge in [-0.05, 0) is 12.8 Å². The minimum atomic E-state index is 0.249. The van der Waals surface area contributed by atoms with Crippen LogP contribution in [0.2, 0.25) is 0 Å². The molecule has 0 bridgehead atoms. The van der Waals surface area contributed by atoms with Crippen LogP contribution in [0.15, 0.2) is 34.7 Å². The largest absolute Gasteiger partial charge is 0.460 e. The van der Waals surface area contributed by atoms with Crippen molar-refractivity contribution in [3.8, 4) is 11.3 Å². The molecule has 0 atom stereocenters. The van der Waals surface area contributed by atoms with Crippen LogP contribution in [0.25, 0.3) is 11.3 Å². The molecule has 2 heteroatoms. The van der Waals surface area contributed by atoms with Gasteiger partial charge in [0.1, 0.15) is 11.5 Å². The van der Waals surface area contributed by atoms with Gasteiger partial charge in [-0.1, -0.05) is 37.3 Å². The van der Waals surface area contributed by atoms with Gasteiger partial charge in [0.2, 0.25) is 0 Å². The summed E-state index contributed by atoms with van der Waals surface area (Å²) in [5.74, 6) is 2.03. The van der Waals surface area contributed by atoms with Crippen molar-refractivity contribution in [1.82, 2.24) is 0 Å². The standard InChI is InChI=1S/C16H16O2/c1-2-12-15-13(17)9-6-10-14(15)18-16(12)11-7-4-3-5-8-11/h3-5,7-8H,2,6,9-10H2,1H3. The van der Waals surface area contributed by atoms with E-state index in [1.54, 1.807) is 0 Å². The minimum Gasteiger partial charge on any atom is -0.460 e. The van der Waals surface area contributed by atoms with E-state index in [-0.39, 0.29) is 5.78 Å². The fraction of sp³-hybridized carbons (Fsp3) is 0.312. The number of hydrogen-bond donors (Lipinski definition) is 0. The maximum Gasteiger partial charge on any atom is 0.166 e. The van der Waals surface area contributed by atoms with E-state index in [2.05, 4.69) is 6.92 Å². The Morgan fingerprint density at radius 1 is 1.17 bits per heavy atom. The molecule has 1 aromatic heterocycles. The number of ketones is 1. The molecule has 0 saturated heterocycles. The molecule has 2 aromatic rings. The number of benzene rings is 1. The third kappa shape index (κ3) is 1.69. The average molecular weight is 240 g/mol. The van der Waals surface area contributed by atoms with Crippen molar-refractivity contribution in [2.75, 3.05) is 0 Å². The molecule has 18 heavy (non-hydrogen) atoms. The highest BCUT2D eigenvalue weighted by atomic mass is 16.3. The summed E-state index contributed by atoms with van der Waals surface area (Å²) in [6.07, 6.45) is 3.31. The molecule has 1 heterocycles. The summed E-state index contributed by atoms with van der Waals surface area (Å²) in [6, 6.07) is 10.1. The second-order valence-electron chi connectivity index (χ2n) is 4.70. The molecule has 1 aromatic carbocycles. The highest BCUT2D eigenvalue weighted by molar-refractivity contribution is 6.00. The van der Waals surface area contributed by atoms with Gasteiger partial charge in [-0.25, -0.2) is 0 Å². The van der Waals surface area contributed by atoms with Crippen LogP contribution in [0.3, 0.4) is 0 Å². The Balaban J connectivity index is 2.20. The Morgan fingerprint density at radius 3 is 2.67 bits per heavy atom. The Bertz CT molecular complexity index is 579. The van der Waals surface area contributed by atoms with Crippen molar-refractivity contribution in [3.05, 3.63) is 47.2 Å². The second kappa shape index (κ2) is 4.45. The molecule has 0 fully saturated rings. The predicted molar refractivity (Wildman–Crippen MR) is 70.8 cm³/mol. The van der Waals surface area contributed by atoms with Gasteiger partial charge in [-0.2, -0.15) is 0 Å². The number of carbonyl (C=O) groups is 1. The fourth-order valence-electron chi connectivity index (χ4n) is 2.71. The number of Topliss-reactive ketones (excluding diaryl/α,β-unsaturated/α-hetero) is 1. The van der Waals surface area contributed by atoms with E-state index in [1.165, 1.54) is 0 Å². The molecule has 2 nitrogen and oxygen atoms in total. The molecular formula is C16H16O2. The van der Waals surface area contributed by atoms with Crippen LogP contribution in [-0.4, -0.2) is 5.78 Å². The summed E-state index contributed by atoms with van der Waals surface area (Å²) in [7, 11) is 0. The van der Waals surface area contributed by atoms with Gasteiger partial charge in [0.25, 0.3) is 0 Å². The zero-order chi connectivity index (χ0) is 12.5. The van der Waals surface area contributed by atoms with Gasteiger partial charge >= 0.3 is 0 Å². The molecule has 0 spiro atoms. The van der Waals surface area contributed by atoms with E-state index in [4.69, 9.17) is 4.42 Å². The lowest BCUT2D eigenvalue weighted by Crippen LogP contribution is -2.10. The number of furan rings is 1. The lowest BCUT2D eigenvalue weighted by atomic mass is 9.91. The molecule has 1 aliphatic carbocycles. The fourth-order valence-corrected chi connectivity index (χ4v) is 2.71. The first-order valence-electron chi connectivity index (χ1n) is 6.54. The third-order valence-corrected chi connectivity index (χ3v) is 3.56. The van der Waals surface area contributed by atoms with E-state index in [9.17, 15) is 4.79 Å². The van der Waals surface area contributed by atoms with Crippen molar-refractivity contribution in [1.29, 1.82) is 0 Å². The second-order valence-corrected chi connectivity index (χ2v) is 4.70. The number of carbonyl (C=O) groups excluding carboxylic acids is 1. The van der Waals surface area contributed by atoms with E-state index in [1.807, 2.05) is 30.3 Å². The van der Waals surface area contributed by atoms with Gasteiger partial charge in [-0.15, -0.1) is 0 Å². The zero-order valence-electron chi connectivity index (χ0n) is 10.5. The van der Waals surface area contributed by atoms with Crippen LogP contribution in [0, 0.1) is 0 Å². The lowest BCUT2D eigenvalue weighted by molar-refractivity contribution is 0.0968. The van der Waals surface area contributed by atoms with Crippen LogP contribution in [0.1, 0.15) is 41.4 Å². The molecular weight excluding hydrogens is 224 g/mol. The summed E-state index contributed by atoms with van der Waals surface area (Å²) in [5.41, 5.74) is 3.01. The molecule has 3 rings (SSSR count). The Labute approximate surface area is 107 Å². The van der Waals surface area contributed by atoms with Crippen LogP contribution in [-0.2, 0) is 12.8 Å². The van der Waals surface area contributed by atoms with Crippen molar-refractivity contribution < 1.29 is 9.21 Å². The molecule has 92 valence electrons. The minimum absolute atomic E-state index is 0.249. The molecule has 0 radical (unpaired) electrons. The smallest absolute Gasteiger partial charge is 0.166 e. The monoisotopic (exact) mass is 240 g/mol. The average Bonchev–Trinajstić information content (AvgIpc) is 2.79. The van der Waals surface area contributed by atoms with Gasteiger partial charge in [-0.3, -0.25) is 4.79 Å². The normalized spacial score (nSPS) is 14.6. The van der Waals surface area contributed by atoms with Crippen molar-refractivity contribution in [2.24, 2.45) is 0 Å². The molecule has 0 unspecified atom stereocenters. The zero-order valence-corrected chi connectivity index (χ0v) is 10.5. The summed E-state index contributed by atoms with van der Waals surface area (Å²) >= 11 is 0. The Hall–Kier alpha value is -1.83. The first kappa shape index (κ1) is 11.3. The quantitative estimate of drug-likeness (QED) is 0.793. The van der Waals surface area contributed by atoms with Crippen molar-refractivity contribution in [3.63, 3.8) is 0 Å². The van der Waals surface area contributed by atoms with Crippen molar-refractivity contribution in [2.45, 2.75) is 32.6 Å². The summed E-state index contributed by atoms with van der Waals surface area (Å²) < 4.78 is 5.96. The van der Waals surface area contributed by atoms with Gasteiger partial charge in [0.15, 0.2) is 5.78 Å². The number of rotatable bonds is 2. The SMILES string of the molecule is CCc1c(-c2ccccc2)oc2c1C(=O)CCC2. The summed E-state index contributed by atoms with van der Waals surface area (Å²) in [4.78, 5) is 12.0. The third-order valence-electron chi connectivity index (χ3n) is 3.56. The number of fused-ring (bicyclic) bond motifs is 1. The number of hydrogen-bond acceptors (Lipinski definition) is 2. The molecule has 0 aliphatic heterocycles. The van der Waals surface area contributed by atoms with Crippen molar-refractivity contribution >= 4 is 5.78 Å². The highest BCUT2D eigenvalue weighted by Crippen LogP contribution is 2.35. The van der Waals surface area contributed by atoms with E-state index < -0.39 is 0 Å². The summed E-state index contributed by atoms with van der Waals surface area (Å²) in [5, 5.41) is 0. The molecule has 0 N–H and O–H groups in total. The predicted octanol–water partition coefficient (Wildman–Crippen LogP) is 4.03. The van der Waals surface area contributed by atoms with Gasteiger partial charge < -0.3 is 4.42 Å².